The van der Waals surface area contributed by atoms with Crippen LogP contribution in [-0.4, -0.2) is 17.9 Å². The molecule has 3 aromatic rings. The number of aromatic nitrogens is 1. The summed E-state index contributed by atoms with van der Waals surface area (Å²) >= 11 is 0. The Bertz CT molecular complexity index is 761. The fourth-order valence-corrected chi connectivity index (χ4v) is 2.14. The number of ketones is 1. The maximum Gasteiger partial charge on any atom is 0.226 e. The monoisotopic (exact) mass is 293 g/mol. The van der Waals surface area contributed by atoms with Gasteiger partial charge in [-0.05, 0) is 29.8 Å². The molecular weight excluding hydrogens is 278 g/mol. The van der Waals surface area contributed by atoms with Crippen molar-refractivity contribution in [1.29, 1.82) is 0 Å². The van der Waals surface area contributed by atoms with Crippen LogP contribution in [0.1, 0.15) is 16.1 Å². The van der Waals surface area contributed by atoms with Gasteiger partial charge in [0, 0.05) is 12.0 Å². The Morgan fingerprint density at radius 3 is 2.50 bits per heavy atom. The number of rotatable bonds is 5. The first-order valence-corrected chi connectivity index (χ1v) is 6.93. The van der Waals surface area contributed by atoms with Crippen LogP contribution in [-0.2, 0) is 6.42 Å². The number of methoxy groups -OCH3 is 1. The molecule has 0 aliphatic heterocycles. The second-order valence-corrected chi connectivity index (χ2v) is 4.84. The summed E-state index contributed by atoms with van der Waals surface area (Å²) in [5, 5.41) is 0. The van der Waals surface area contributed by atoms with E-state index in [9.17, 15) is 4.79 Å². The minimum Gasteiger partial charge on any atom is -0.497 e. The highest BCUT2D eigenvalue weighted by Crippen LogP contribution is 2.22. The second kappa shape index (κ2) is 6.26. The minimum absolute atomic E-state index is 0.0848. The van der Waals surface area contributed by atoms with Crippen molar-refractivity contribution < 1.29 is 13.9 Å². The molecule has 0 bridgehead atoms. The molecule has 0 aliphatic rings. The van der Waals surface area contributed by atoms with E-state index >= 15 is 0 Å². The zero-order chi connectivity index (χ0) is 15.4. The Kier molecular flexibility index (Phi) is 4.01. The predicted octanol–water partition coefficient (Wildman–Crippen LogP) is 3.78. The maximum absolute atomic E-state index is 12.2. The van der Waals surface area contributed by atoms with Gasteiger partial charge in [-0.25, -0.2) is 4.98 Å². The smallest absolute Gasteiger partial charge is 0.226 e. The molecule has 0 fully saturated rings. The number of ether oxygens (including phenoxy) is 1. The number of carbonyl (C=O) groups is 1. The number of hydrogen-bond acceptors (Lipinski definition) is 4. The normalized spacial score (nSPS) is 10.4. The number of benzene rings is 2. The van der Waals surface area contributed by atoms with Gasteiger partial charge in [-0.2, -0.15) is 0 Å². The Labute approximate surface area is 128 Å². The van der Waals surface area contributed by atoms with Crippen LogP contribution in [0.3, 0.4) is 0 Å². The van der Waals surface area contributed by atoms with Crippen molar-refractivity contribution in [2.24, 2.45) is 0 Å². The van der Waals surface area contributed by atoms with Gasteiger partial charge < -0.3 is 9.15 Å². The fourth-order valence-electron chi connectivity index (χ4n) is 2.14. The van der Waals surface area contributed by atoms with Crippen LogP contribution in [0.25, 0.3) is 11.5 Å². The molecule has 0 unspecified atom stereocenters. The lowest BCUT2D eigenvalue weighted by Crippen LogP contribution is -2.01. The predicted molar refractivity (Wildman–Crippen MR) is 83.0 cm³/mol. The molecule has 110 valence electrons. The quantitative estimate of drug-likeness (QED) is 0.672. The van der Waals surface area contributed by atoms with E-state index in [1.165, 1.54) is 6.20 Å². The number of oxazole rings is 1. The SMILES string of the molecule is COc1ccc(-c2ncc(C(=O)Cc3ccccc3)o2)cc1. The first-order valence-electron chi connectivity index (χ1n) is 6.93. The van der Waals surface area contributed by atoms with E-state index < -0.39 is 0 Å². The summed E-state index contributed by atoms with van der Waals surface area (Å²) < 4.78 is 10.7. The van der Waals surface area contributed by atoms with Crippen LogP contribution in [0, 0.1) is 0 Å². The molecule has 0 radical (unpaired) electrons. The Balaban J connectivity index is 1.76. The highest BCUT2D eigenvalue weighted by atomic mass is 16.5. The van der Waals surface area contributed by atoms with Crippen LogP contribution in [0.15, 0.2) is 65.2 Å². The van der Waals surface area contributed by atoms with Crippen LogP contribution in [0.4, 0.5) is 0 Å². The van der Waals surface area contributed by atoms with Crippen molar-refractivity contribution in [2.75, 3.05) is 7.11 Å². The summed E-state index contributed by atoms with van der Waals surface area (Å²) in [7, 11) is 1.61. The third-order valence-corrected chi connectivity index (χ3v) is 3.32. The van der Waals surface area contributed by atoms with Crippen molar-refractivity contribution in [2.45, 2.75) is 6.42 Å². The average molecular weight is 293 g/mol. The minimum atomic E-state index is -0.0848. The van der Waals surface area contributed by atoms with E-state index in [4.69, 9.17) is 9.15 Å². The second-order valence-electron chi connectivity index (χ2n) is 4.84. The van der Waals surface area contributed by atoms with E-state index in [0.717, 1.165) is 16.9 Å². The molecule has 1 aromatic heterocycles. The molecule has 0 atom stereocenters. The highest BCUT2D eigenvalue weighted by Gasteiger charge is 2.14. The Morgan fingerprint density at radius 2 is 1.82 bits per heavy atom. The van der Waals surface area contributed by atoms with Crippen molar-refractivity contribution >= 4 is 5.78 Å². The van der Waals surface area contributed by atoms with E-state index in [2.05, 4.69) is 4.98 Å². The van der Waals surface area contributed by atoms with Crippen LogP contribution >= 0.6 is 0 Å². The first kappa shape index (κ1) is 14.1. The molecule has 0 saturated heterocycles. The van der Waals surface area contributed by atoms with E-state index in [-0.39, 0.29) is 11.5 Å². The summed E-state index contributed by atoms with van der Waals surface area (Å²) in [6.45, 7) is 0. The van der Waals surface area contributed by atoms with Gasteiger partial charge in [0.1, 0.15) is 5.75 Å². The summed E-state index contributed by atoms with van der Waals surface area (Å²) in [5.74, 6) is 1.38. The third kappa shape index (κ3) is 3.06. The zero-order valence-corrected chi connectivity index (χ0v) is 12.2. The summed E-state index contributed by atoms with van der Waals surface area (Å²) in [6.07, 6.45) is 1.78. The van der Waals surface area contributed by atoms with Crippen molar-refractivity contribution in [3.05, 3.63) is 72.1 Å². The van der Waals surface area contributed by atoms with Crippen molar-refractivity contribution in [3.8, 4) is 17.2 Å². The lowest BCUT2D eigenvalue weighted by Gasteiger charge is -2.00. The van der Waals surface area contributed by atoms with Gasteiger partial charge in [0.05, 0.1) is 13.3 Å². The largest absolute Gasteiger partial charge is 0.497 e. The number of carbonyl (C=O) groups excluding carboxylic acids is 1. The summed E-state index contributed by atoms with van der Waals surface area (Å²) in [6, 6.07) is 16.9. The molecule has 0 amide bonds. The van der Waals surface area contributed by atoms with Gasteiger partial charge in [-0.3, -0.25) is 4.79 Å². The topological polar surface area (TPSA) is 52.3 Å². The molecular formula is C18H15NO3. The molecule has 0 saturated carbocycles. The number of hydrogen-bond donors (Lipinski definition) is 0. The molecule has 4 heteroatoms. The van der Waals surface area contributed by atoms with Gasteiger partial charge in [0.2, 0.25) is 11.7 Å². The van der Waals surface area contributed by atoms with E-state index in [1.54, 1.807) is 7.11 Å². The van der Waals surface area contributed by atoms with Crippen LogP contribution < -0.4 is 4.74 Å². The highest BCUT2D eigenvalue weighted by molar-refractivity contribution is 5.95. The molecule has 0 aliphatic carbocycles. The first-order chi connectivity index (χ1) is 10.8. The van der Waals surface area contributed by atoms with Gasteiger partial charge in [0.25, 0.3) is 0 Å². The zero-order valence-electron chi connectivity index (χ0n) is 12.2. The average Bonchev–Trinajstić information content (AvgIpc) is 3.06. The molecule has 0 spiro atoms. The lowest BCUT2D eigenvalue weighted by atomic mass is 10.1. The third-order valence-electron chi connectivity index (χ3n) is 3.32. The number of nitrogens with zero attached hydrogens (tertiary/aromatic N) is 1. The molecule has 0 N–H and O–H groups in total. The summed E-state index contributed by atoms with van der Waals surface area (Å²) in [5.41, 5.74) is 1.76. The van der Waals surface area contributed by atoms with Crippen LogP contribution in [0.5, 0.6) is 5.75 Å². The molecule has 1 heterocycles. The Hall–Kier alpha value is -2.88. The van der Waals surface area contributed by atoms with Gasteiger partial charge in [-0.1, -0.05) is 30.3 Å². The van der Waals surface area contributed by atoms with Gasteiger partial charge in [-0.15, -0.1) is 0 Å². The summed E-state index contributed by atoms with van der Waals surface area (Å²) in [4.78, 5) is 16.4. The van der Waals surface area contributed by atoms with E-state index in [1.807, 2.05) is 54.6 Å². The molecule has 2 aromatic carbocycles. The van der Waals surface area contributed by atoms with E-state index in [0.29, 0.717) is 12.3 Å². The molecule has 3 rings (SSSR count). The molecule has 4 nitrogen and oxygen atoms in total. The maximum atomic E-state index is 12.2. The number of Topliss-reactive ketones (excluding diaryl/α,β-unsaturated/α-hetero) is 1. The van der Waals surface area contributed by atoms with Crippen molar-refractivity contribution in [3.63, 3.8) is 0 Å². The van der Waals surface area contributed by atoms with Gasteiger partial charge in [0.15, 0.2) is 5.76 Å². The standard InChI is InChI=1S/C18H15NO3/c1-21-15-9-7-14(8-10-15)18-19-12-17(22-18)16(20)11-13-5-3-2-4-6-13/h2-10,12H,11H2,1H3. The van der Waals surface area contributed by atoms with Crippen molar-refractivity contribution in [1.82, 2.24) is 4.98 Å². The fraction of sp³-hybridized carbons (Fsp3) is 0.111. The van der Waals surface area contributed by atoms with Crippen LogP contribution in [0.2, 0.25) is 0 Å². The lowest BCUT2D eigenvalue weighted by molar-refractivity contribution is 0.0967. The molecule has 22 heavy (non-hydrogen) atoms. The van der Waals surface area contributed by atoms with Gasteiger partial charge >= 0.3 is 0 Å². The Morgan fingerprint density at radius 1 is 1.09 bits per heavy atom.